The number of amides is 1. The molecule has 156 valence electrons. The fraction of sp³-hybridized carbons (Fsp3) is 0.0833. The molecule has 0 heterocycles. The fourth-order valence-corrected chi connectivity index (χ4v) is 3.83. The van der Waals surface area contributed by atoms with Crippen LogP contribution in [0.2, 0.25) is 5.02 Å². The van der Waals surface area contributed by atoms with E-state index in [-0.39, 0.29) is 5.57 Å². The van der Waals surface area contributed by atoms with E-state index in [1.54, 1.807) is 43.3 Å². The van der Waals surface area contributed by atoms with E-state index >= 15 is 0 Å². The third-order valence-electron chi connectivity index (χ3n) is 4.49. The summed E-state index contributed by atoms with van der Waals surface area (Å²) >= 11 is 13.1. The number of halogens is 3. The first-order valence-corrected chi connectivity index (χ1v) is 11.2. The first kappa shape index (κ1) is 23.1. The lowest BCUT2D eigenvalue weighted by Gasteiger charge is -2.11. The van der Waals surface area contributed by atoms with Gasteiger partial charge in [0.2, 0.25) is 0 Å². The molecule has 0 saturated heterocycles. The van der Waals surface area contributed by atoms with Gasteiger partial charge in [-0.05, 0) is 70.4 Å². The van der Waals surface area contributed by atoms with Gasteiger partial charge in [0.05, 0.1) is 4.47 Å². The average molecular weight is 561 g/mol. The first-order chi connectivity index (χ1) is 14.9. The lowest BCUT2D eigenvalue weighted by molar-refractivity contribution is -0.112. The second-order valence-electron chi connectivity index (χ2n) is 6.61. The summed E-state index contributed by atoms with van der Waals surface area (Å²) in [7, 11) is 0. The number of benzene rings is 3. The second kappa shape index (κ2) is 10.6. The van der Waals surface area contributed by atoms with Gasteiger partial charge in [-0.1, -0.05) is 57.9 Å². The van der Waals surface area contributed by atoms with Crippen molar-refractivity contribution in [2.75, 3.05) is 5.32 Å². The number of nitrogens with zero attached hydrogens (tertiary/aromatic N) is 1. The molecule has 0 saturated carbocycles. The molecule has 0 bridgehead atoms. The van der Waals surface area contributed by atoms with E-state index in [1.165, 1.54) is 6.08 Å². The Kier molecular flexibility index (Phi) is 7.91. The van der Waals surface area contributed by atoms with Gasteiger partial charge in [-0.25, -0.2) is 0 Å². The Hall–Kier alpha value is -2.59. The molecule has 3 aromatic rings. The molecule has 0 aliphatic heterocycles. The van der Waals surface area contributed by atoms with Gasteiger partial charge in [-0.2, -0.15) is 5.26 Å². The van der Waals surface area contributed by atoms with Crippen molar-refractivity contribution in [3.8, 4) is 11.8 Å². The summed E-state index contributed by atoms with van der Waals surface area (Å²) < 4.78 is 7.58. The zero-order valence-electron chi connectivity index (χ0n) is 16.5. The average Bonchev–Trinajstić information content (AvgIpc) is 2.75. The van der Waals surface area contributed by atoms with Crippen LogP contribution in [0.3, 0.4) is 0 Å². The minimum atomic E-state index is -0.502. The Morgan fingerprint density at radius 1 is 1.13 bits per heavy atom. The van der Waals surface area contributed by atoms with Crippen molar-refractivity contribution in [1.82, 2.24) is 0 Å². The number of nitriles is 1. The van der Waals surface area contributed by atoms with E-state index < -0.39 is 5.91 Å². The number of hydrogen-bond acceptors (Lipinski definition) is 3. The molecular weight excluding hydrogens is 544 g/mol. The van der Waals surface area contributed by atoms with Crippen molar-refractivity contribution < 1.29 is 9.53 Å². The number of ether oxygens (including phenoxy) is 1. The minimum absolute atomic E-state index is 0.0202. The van der Waals surface area contributed by atoms with E-state index in [4.69, 9.17) is 16.3 Å². The van der Waals surface area contributed by atoms with Crippen molar-refractivity contribution in [2.24, 2.45) is 0 Å². The van der Waals surface area contributed by atoms with E-state index in [1.807, 2.05) is 30.3 Å². The highest BCUT2D eigenvalue weighted by atomic mass is 79.9. The normalized spacial score (nSPS) is 11.0. The number of anilines is 1. The largest absolute Gasteiger partial charge is 0.488 e. The first-order valence-electron chi connectivity index (χ1n) is 9.23. The van der Waals surface area contributed by atoms with Gasteiger partial charge in [0.25, 0.3) is 5.91 Å². The molecule has 0 aliphatic carbocycles. The molecule has 3 aromatic carbocycles. The van der Waals surface area contributed by atoms with Crippen LogP contribution in [0.15, 0.2) is 75.2 Å². The monoisotopic (exact) mass is 558 g/mol. The molecule has 0 atom stereocenters. The van der Waals surface area contributed by atoms with Crippen molar-refractivity contribution in [3.05, 3.63) is 96.9 Å². The third-order valence-corrected chi connectivity index (χ3v) is 6.29. The minimum Gasteiger partial charge on any atom is -0.488 e. The number of carbonyl (C=O) groups is 1. The summed E-state index contributed by atoms with van der Waals surface area (Å²) in [6, 6.07) is 20.4. The van der Waals surface area contributed by atoms with E-state index in [2.05, 4.69) is 37.2 Å². The molecule has 0 spiro atoms. The SMILES string of the molecule is Cc1c(Cl)cccc1NC(=O)/C(C#N)=C/c1ccc(OCc2ccccc2Br)c(Br)c1. The maximum Gasteiger partial charge on any atom is 0.266 e. The van der Waals surface area contributed by atoms with E-state index in [9.17, 15) is 10.1 Å². The standard InChI is InChI=1S/C24H17Br2ClN2O2/c1-15-21(27)7-4-8-22(15)29-24(30)18(13-28)11-16-9-10-23(20(26)12-16)31-14-17-5-2-3-6-19(17)25/h2-12H,14H2,1H3,(H,29,30)/b18-11+. The fourth-order valence-electron chi connectivity index (χ4n) is 2.74. The molecule has 3 rings (SSSR count). The molecule has 7 heteroatoms. The van der Waals surface area contributed by atoms with Gasteiger partial charge < -0.3 is 10.1 Å². The molecule has 1 N–H and O–H groups in total. The summed E-state index contributed by atoms with van der Waals surface area (Å²) in [5, 5.41) is 12.8. The van der Waals surface area contributed by atoms with Crippen LogP contribution in [0.4, 0.5) is 5.69 Å². The van der Waals surface area contributed by atoms with Crippen LogP contribution >= 0.6 is 43.5 Å². The van der Waals surface area contributed by atoms with Crippen LogP contribution in [0.1, 0.15) is 16.7 Å². The number of hydrogen-bond donors (Lipinski definition) is 1. The second-order valence-corrected chi connectivity index (χ2v) is 8.72. The molecule has 0 aromatic heterocycles. The highest BCUT2D eigenvalue weighted by molar-refractivity contribution is 9.10. The molecule has 0 radical (unpaired) electrons. The summed E-state index contributed by atoms with van der Waals surface area (Å²) in [5.74, 6) is 0.156. The third kappa shape index (κ3) is 5.98. The van der Waals surface area contributed by atoms with E-state index in [0.29, 0.717) is 28.6 Å². The summed E-state index contributed by atoms with van der Waals surface area (Å²) in [5.41, 5.74) is 3.00. The molecule has 1 amide bonds. The van der Waals surface area contributed by atoms with Crippen molar-refractivity contribution in [3.63, 3.8) is 0 Å². The number of nitrogens with one attached hydrogen (secondary N) is 1. The molecule has 0 aliphatic rings. The van der Waals surface area contributed by atoms with Crippen LogP contribution in [0.25, 0.3) is 6.08 Å². The molecule has 4 nitrogen and oxygen atoms in total. The zero-order chi connectivity index (χ0) is 22.4. The lowest BCUT2D eigenvalue weighted by atomic mass is 10.1. The summed E-state index contributed by atoms with van der Waals surface area (Å²) in [4.78, 5) is 12.6. The van der Waals surface area contributed by atoms with Crippen LogP contribution < -0.4 is 10.1 Å². The van der Waals surface area contributed by atoms with Crippen molar-refractivity contribution >= 4 is 61.1 Å². The maximum absolute atomic E-state index is 12.6. The van der Waals surface area contributed by atoms with Crippen LogP contribution in [0, 0.1) is 18.3 Å². The molecular formula is C24H17Br2ClN2O2. The predicted octanol–water partition coefficient (Wildman–Crippen LogP) is 7.30. The van der Waals surface area contributed by atoms with Crippen LogP contribution in [-0.2, 0) is 11.4 Å². The summed E-state index contributed by atoms with van der Waals surface area (Å²) in [6.45, 7) is 2.21. The van der Waals surface area contributed by atoms with Crippen molar-refractivity contribution in [1.29, 1.82) is 5.26 Å². The van der Waals surface area contributed by atoms with Gasteiger partial charge in [0.15, 0.2) is 0 Å². The Labute approximate surface area is 202 Å². The summed E-state index contributed by atoms with van der Waals surface area (Å²) in [6.07, 6.45) is 1.53. The smallest absolute Gasteiger partial charge is 0.266 e. The highest BCUT2D eigenvalue weighted by Gasteiger charge is 2.12. The topological polar surface area (TPSA) is 62.1 Å². The highest BCUT2D eigenvalue weighted by Crippen LogP contribution is 2.29. The Morgan fingerprint density at radius 3 is 2.61 bits per heavy atom. The Balaban J connectivity index is 1.74. The Morgan fingerprint density at radius 2 is 1.90 bits per heavy atom. The predicted molar refractivity (Wildman–Crippen MR) is 131 cm³/mol. The van der Waals surface area contributed by atoms with Crippen LogP contribution in [-0.4, -0.2) is 5.91 Å². The van der Waals surface area contributed by atoms with Gasteiger partial charge >= 0.3 is 0 Å². The van der Waals surface area contributed by atoms with Gasteiger partial charge in [0, 0.05) is 20.7 Å². The molecule has 31 heavy (non-hydrogen) atoms. The quantitative estimate of drug-likeness (QED) is 0.254. The van der Waals surface area contributed by atoms with Crippen molar-refractivity contribution in [2.45, 2.75) is 13.5 Å². The Bertz CT molecular complexity index is 1200. The number of rotatable bonds is 6. The lowest BCUT2D eigenvalue weighted by Crippen LogP contribution is -2.14. The zero-order valence-corrected chi connectivity index (χ0v) is 20.4. The number of carbonyl (C=O) groups excluding carboxylic acids is 1. The maximum atomic E-state index is 12.6. The van der Waals surface area contributed by atoms with Gasteiger partial charge in [-0.3, -0.25) is 4.79 Å². The van der Waals surface area contributed by atoms with Crippen LogP contribution in [0.5, 0.6) is 5.75 Å². The molecule has 0 unspecified atom stereocenters. The van der Waals surface area contributed by atoms with Gasteiger partial charge in [0.1, 0.15) is 24.0 Å². The molecule has 0 fully saturated rings. The van der Waals surface area contributed by atoms with Gasteiger partial charge in [-0.15, -0.1) is 0 Å². The van der Waals surface area contributed by atoms with E-state index in [0.717, 1.165) is 20.1 Å².